The van der Waals surface area contributed by atoms with Gasteiger partial charge >= 0.3 is 0 Å². The quantitative estimate of drug-likeness (QED) is 0.383. The van der Waals surface area contributed by atoms with Crippen molar-refractivity contribution in [3.05, 3.63) is 35.9 Å². The minimum atomic E-state index is -0.864. The first-order valence-electron chi connectivity index (χ1n) is 11.6. The van der Waals surface area contributed by atoms with Crippen LogP contribution in [-0.4, -0.2) is 41.7 Å². The van der Waals surface area contributed by atoms with E-state index in [1.165, 1.54) is 0 Å². The Morgan fingerprint density at radius 1 is 1.06 bits per heavy atom. The van der Waals surface area contributed by atoms with Crippen LogP contribution in [0.2, 0.25) is 0 Å². The van der Waals surface area contributed by atoms with E-state index in [1.807, 2.05) is 51.1 Å². The number of hydrogen-bond acceptors (Lipinski definition) is 4. The van der Waals surface area contributed by atoms with Gasteiger partial charge in [-0.3, -0.25) is 9.59 Å². The fourth-order valence-electron chi connectivity index (χ4n) is 3.75. The highest BCUT2D eigenvalue weighted by atomic mass is 16.3. The molecule has 3 atom stereocenters. The normalized spacial score (nSPS) is 14.7. The van der Waals surface area contributed by atoms with E-state index in [0.29, 0.717) is 6.42 Å². The minimum absolute atomic E-state index is 0.0648. The van der Waals surface area contributed by atoms with Gasteiger partial charge < -0.3 is 21.5 Å². The molecule has 1 rings (SSSR count). The summed E-state index contributed by atoms with van der Waals surface area (Å²) in [5.41, 5.74) is 6.78. The zero-order valence-electron chi connectivity index (χ0n) is 20.0. The smallest absolute Gasteiger partial charge is 0.224 e. The summed E-state index contributed by atoms with van der Waals surface area (Å²) < 4.78 is 0. The highest BCUT2D eigenvalue weighted by molar-refractivity contribution is 5.86. The number of carbonyl (C=O) groups is 2. The molecule has 5 N–H and O–H groups in total. The fraction of sp³-hybridized carbons (Fsp3) is 0.680. The van der Waals surface area contributed by atoms with E-state index in [0.717, 1.165) is 31.2 Å². The lowest BCUT2D eigenvalue weighted by atomic mass is 9.77. The van der Waals surface area contributed by atoms with Crippen molar-refractivity contribution in [3.8, 4) is 0 Å². The molecule has 0 radical (unpaired) electrons. The van der Waals surface area contributed by atoms with E-state index < -0.39 is 18.1 Å². The molecule has 0 aromatic heterocycles. The Hall–Kier alpha value is -1.92. The number of hydrogen-bond donors (Lipinski definition) is 4. The molecule has 6 heteroatoms. The largest absolute Gasteiger partial charge is 0.390 e. The van der Waals surface area contributed by atoms with E-state index in [2.05, 4.69) is 24.5 Å². The molecule has 31 heavy (non-hydrogen) atoms. The third-order valence-corrected chi connectivity index (χ3v) is 5.68. The van der Waals surface area contributed by atoms with E-state index in [-0.39, 0.29) is 36.2 Å². The minimum Gasteiger partial charge on any atom is -0.390 e. The number of benzene rings is 1. The van der Waals surface area contributed by atoms with Crippen LogP contribution in [0.4, 0.5) is 0 Å². The van der Waals surface area contributed by atoms with Gasteiger partial charge in [0, 0.05) is 25.0 Å². The zero-order valence-corrected chi connectivity index (χ0v) is 20.0. The molecule has 1 aromatic rings. The fourth-order valence-corrected chi connectivity index (χ4v) is 3.75. The van der Waals surface area contributed by atoms with Crippen molar-refractivity contribution in [1.82, 2.24) is 10.6 Å². The maximum absolute atomic E-state index is 12.9. The molecular formula is C25H43N3O3. The third kappa shape index (κ3) is 10.3. The number of aliphatic hydroxyl groups is 1. The van der Waals surface area contributed by atoms with Crippen molar-refractivity contribution in [2.24, 2.45) is 17.1 Å². The van der Waals surface area contributed by atoms with Gasteiger partial charge in [-0.1, -0.05) is 77.8 Å². The second-order valence-corrected chi connectivity index (χ2v) is 9.63. The molecule has 6 nitrogen and oxygen atoms in total. The van der Waals surface area contributed by atoms with Gasteiger partial charge in [0.1, 0.15) is 0 Å². The Morgan fingerprint density at radius 3 is 2.16 bits per heavy atom. The summed E-state index contributed by atoms with van der Waals surface area (Å²) >= 11 is 0. The summed E-state index contributed by atoms with van der Waals surface area (Å²) in [6, 6.07) is 9.39. The standard InChI is InChI=1S/C25H43N3O3/c1-6-11-19(12-7-2)28-23(30)16-20(25(3,4)5)24(31)27-17-22(29)21(26)15-18-13-9-8-10-14-18/h8-10,13-14,19-22,29H,6-7,11-12,15-17,26H2,1-5H3,(H,27,31)(H,28,30)/t20-,21-,22+/m0/s1. The Balaban J connectivity index is 2.64. The van der Waals surface area contributed by atoms with Gasteiger partial charge in [0.15, 0.2) is 0 Å². The van der Waals surface area contributed by atoms with E-state index in [4.69, 9.17) is 5.73 Å². The van der Waals surface area contributed by atoms with Crippen LogP contribution in [-0.2, 0) is 16.0 Å². The highest BCUT2D eigenvalue weighted by Crippen LogP contribution is 2.29. The lowest BCUT2D eigenvalue weighted by Crippen LogP contribution is -2.48. The maximum Gasteiger partial charge on any atom is 0.224 e. The van der Waals surface area contributed by atoms with Gasteiger partial charge in [0.05, 0.1) is 12.0 Å². The van der Waals surface area contributed by atoms with Crippen molar-refractivity contribution < 1.29 is 14.7 Å². The van der Waals surface area contributed by atoms with Gasteiger partial charge in [0.2, 0.25) is 11.8 Å². The molecule has 176 valence electrons. The molecule has 0 saturated carbocycles. The van der Waals surface area contributed by atoms with Crippen molar-refractivity contribution in [3.63, 3.8) is 0 Å². The second kappa shape index (κ2) is 13.5. The summed E-state index contributed by atoms with van der Waals surface area (Å²) in [7, 11) is 0. The topological polar surface area (TPSA) is 104 Å². The van der Waals surface area contributed by atoms with Crippen molar-refractivity contribution >= 4 is 11.8 Å². The van der Waals surface area contributed by atoms with Crippen molar-refractivity contribution in [2.45, 2.75) is 91.3 Å². The van der Waals surface area contributed by atoms with Crippen LogP contribution < -0.4 is 16.4 Å². The molecule has 0 heterocycles. The summed E-state index contributed by atoms with van der Waals surface area (Å²) in [6.45, 7) is 10.1. The summed E-state index contributed by atoms with van der Waals surface area (Å²) in [4.78, 5) is 25.6. The lowest BCUT2D eigenvalue weighted by molar-refractivity contribution is -0.134. The Bertz CT molecular complexity index is 652. The van der Waals surface area contributed by atoms with Gasteiger partial charge in [-0.15, -0.1) is 0 Å². The van der Waals surface area contributed by atoms with Gasteiger partial charge in [-0.2, -0.15) is 0 Å². The van der Waals surface area contributed by atoms with E-state index >= 15 is 0 Å². The Labute approximate surface area is 188 Å². The van der Waals surface area contributed by atoms with Crippen molar-refractivity contribution in [2.75, 3.05) is 6.54 Å². The monoisotopic (exact) mass is 433 g/mol. The molecule has 0 spiro atoms. The number of amides is 2. The van der Waals surface area contributed by atoms with Crippen LogP contribution >= 0.6 is 0 Å². The van der Waals surface area contributed by atoms with Crippen LogP contribution in [0.5, 0.6) is 0 Å². The number of carbonyl (C=O) groups excluding carboxylic acids is 2. The average Bonchev–Trinajstić information content (AvgIpc) is 2.70. The Kier molecular flexibility index (Phi) is 11.8. The molecule has 0 aliphatic carbocycles. The van der Waals surface area contributed by atoms with E-state index in [1.54, 1.807) is 0 Å². The van der Waals surface area contributed by atoms with Gasteiger partial charge in [-0.05, 0) is 30.2 Å². The first-order chi connectivity index (χ1) is 14.6. The maximum atomic E-state index is 12.9. The van der Waals surface area contributed by atoms with Gasteiger partial charge in [0.25, 0.3) is 0 Å². The summed E-state index contributed by atoms with van der Waals surface area (Å²) in [6.07, 6.45) is 3.70. The number of rotatable bonds is 13. The molecule has 0 bridgehead atoms. The van der Waals surface area contributed by atoms with Crippen LogP contribution in [0.1, 0.15) is 72.3 Å². The molecule has 1 aromatic carbocycles. The lowest BCUT2D eigenvalue weighted by Gasteiger charge is -2.30. The van der Waals surface area contributed by atoms with Crippen LogP contribution in [0, 0.1) is 11.3 Å². The molecule has 0 aliphatic rings. The van der Waals surface area contributed by atoms with Crippen LogP contribution in [0.3, 0.4) is 0 Å². The van der Waals surface area contributed by atoms with E-state index in [9.17, 15) is 14.7 Å². The zero-order chi connectivity index (χ0) is 23.4. The first-order valence-corrected chi connectivity index (χ1v) is 11.6. The molecule has 0 aliphatic heterocycles. The predicted molar refractivity (Wildman–Crippen MR) is 126 cm³/mol. The number of aliphatic hydroxyl groups excluding tert-OH is 1. The average molecular weight is 434 g/mol. The molecule has 0 unspecified atom stereocenters. The SMILES string of the molecule is CCCC(CCC)NC(=O)C[C@@H](C(=O)NC[C@@H](O)[C@@H](N)Cc1ccccc1)C(C)(C)C. The number of nitrogens with one attached hydrogen (secondary N) is 2. The molecule has 2 amide bonds. The van der Waals surface area contributed by atoms with Crippen molar-refractivity contribution in [1.29, 1.82) is 0 Å². The number of nitrogens with two attached hydrogens (primary N) is 1. The molecule has 0 fully saturated rings. The molecule has 0 saturated heterocycles. The first kappa shape index (κ1) is 27.1. The van der Waals surface area contributed by atoms with Gasteiger partial charge in [-0.25, -0.2) is 0 Å². The van der Waals surface area contributed by atoms with Crippen LogP contribution in [0.25, 0.3) is 0 Å². The summed E-state index contributed by atoms with van der Waals surface area (Å²) in [5.74, 6) is -0.812. The third-order valence-electron chi connectivity index (χ3n) is 5.68. The molecular weight excluding hydrogens is 390 g/mol. The second-order valence-electron chi connectivity index (χ2n) is 9.63. The van der Waals surface area contributed by atoms with Crippen LogP contribution in [0.15, 0.2) is 30.3 Å². The Morgan fingerprint density at radius 2 is 1.65 bits per heavy atom. The highest BCUT2D eigenvalue weighted by Gasteiger charge is 2.34. The predicted octanol–water partition coefficient (Wildman–Crippen LogP) is 3.17. The summed E-state index contributed by atoms with van der Waals surface area (Å²) in [5, 5.41) is 16.3.